The molecular formula is C14H13NO. The molecule has 0 amide bonds. The van der Waals surface area contributed by atoms with Gasteiger partial charge in [-0.25, -0.2) is 0 Å². The van der Waals surface area contributed by atoms with Gasteiger partial charge in [0.05, 0.1) is 6.54 Å². The quantitative estimate of drug-likeness (QED) is 0.778. The summed E-state index contributed by atoms with van der Waals surface area (Å²) in [4.78, 5) is 4.33. The van der Waals surface area contributed by atoms with Crippen LogP contribution < -0.4 is 0 Å². The average molecular weight is 211 g/mol. The molecule has 80 valence electrons. The van der Waals surface area contributed by atoms with Gasteiger partial charge in [-0.15, -0.1) is 0 Å². The fourth-order valence-electron chi connectivity index (χ4n) is 1.40. The van der Waals surface area contributed by atoms with Gasteiger partial charge in [-0.1, -0.05) is 30.3 Å². The van der Waals surface area contributed by atoms with Crippen LogP contribution in [0.2, 0.25) is 0 Å². The number of phenolic OH excluding ortho intramolecular Hbond substituents is 1. The van der Waals surface area contributed by atoms with Crippen molar-refractivity contribution < 1.29 is 5.11 Å². The lowest BCUT2D eigenvalue weighted by molar-refractivity contribution is 0.475. The smallest absolute Gasteiger partial charge is 0.115 e. The first kappa shape index (κ1) is 10.4. The maximum atomic E-state index is 9.12. The van der Waals surface area contributed by atoms with Crippen LogP contribution in [-0.4, -0.2) is 11.3 Å². The van der Waals surface area contributed by atoms with Crippen LogP contribution in [0.5, 0.6) is 5.75 Å². The molecule has 2 heteroatoms. The van der Waals surface area contributed by atoms with E-state index in [9.17, 15) is 0 Å². The first-order valence-corrected chi connectivity index (χ1v) is 5.17. The summed E-state index contributed by atoms with van der Waals surface area (Å²) in [6, 6.07) is 17.1. The van der Waals surface area contributed by atoms with E-state index in [1.165, 1.54) is 5.56 Å². The Hall–Kier alpha value is -2.09. The van der Waals surface area contributed by atoms with E-state index < -0.39 is 0 Å². The summed E-state index contributed by atoms with van der Waals surface area (Å²) in [7, 11) is 0. The second kappa shape index (κ2) is 5.12. The second-order valence-corrected chi connectivity index (χ2v) is 3.55. The number of benzene rings is 2. The summed E-state index contributed by atoms with van der Waals surface area (Å²) in [5.74, 6) is 0.278. The molecule has 0 aliphatic carbocycles. The van der Waals surface area contributed by atoms with E-state index in [4.69, 9.17) is 5.11 Å². The van der Waals surface area contributed by atoms with Crippen LogP contribution in [-0.2, 0) is 6.54 Å². The number of aliphatic imine (C=N–C) groups is 1. The van der Waals surface area contributed by atoms with Crippen molar-refractivity contribution >= 4 is 6.21 Å². The lowest BCUT2D eigenvalue weighted by atomic mass is 10.2. The van der Waals surface area contributed by atoms with Gasteiger partial charge in [-0.2, -0.15) is 0 Å². The molecule has 0 heterocycles. The third kappa shape index (κ3) is 2.95. The number of hydrogen-bond acceptors (Lipinski definition) is 2. The first-order chi connectivity index (χ1) is 7.84. The van der Waals surface area contributed by atoms with Gasteiger partial charge in [-0.3, -0.25) is 4.99 Å². The van der Waals surface area contributed by atoms with Crippen LogP contribution in [0.25, 0.3) is 0 Å². The third-order valence-corrected chi connectivity index (χ3v) is 2.25. The average Bonchev–Trinajstić information content (AvgIpc) is 2.33. The maximum absolute atomic E-state index is 9.12. The van der Waals surface area contributed by atoms with Gasteiger partial charge in [0.15, 0.2) is 0 Å². The monoisotopic (exact) mass is 211 g/mol. The molecule has 0 aliphatic rings. The van der Waals surface area contributed by atoms with Gasteiger partial charge in [0.25, 0.3) is 0 Å². The highest BCUT2D eigenvalue weighted by Gasteiger charge is 1.89. The maximum Gasteiger partial charge on any atom is 0.115 e. The predicted molar refractivity (Wildman–Crippen MR) is 65.8 cm³/mol. The van der Waals surface area contributed by atoms with Crippen molar-refractivity contribution in [3.05, 3.63) is 65.7 Å². The van der Waals surface area contributed by atoms with Crippen LogP contribution in [0.15, 0.2) is 59.6 Å². The standard InChI is InChI=1S/C14H13NO/c16-14-8-6-13(7-9-14)11-15-10-12-4-2-1-3-5-12/h1-9,11,16H,10H2. The van der Waals surface area contributed by atoms with E-state index in [0.29, 0.717) is 6.54 Å². The Kier molecular flexibility index (Phi) is 3.34. The second-order valence-electron chi connectivity index (χ2n) is 3.55. The van der Waals surface area contributed by atoms with Crippen molar-refractivity contribution in [3.8, 4) is 5.75 Å². The molecule has 16 heavy (non-hydrogen) atoms. The summed E-state index contributed by atoms with van der Waals surface area (Å²) < 4.78 is 0. The highest BCUT2D eigenvalue weighted by molar-refractivity contribution is 5.79. The zero-order valence-corrected chi connectivity index (χ0v) is 8.88. The van der Waals surface area contributed by atoms with Crippen LogP contribution in [0.3, 0.4) is 0 Å². The minimum atomic E-state index is 0.278. The van der Waals surface area contributed by atoms with Crippen LogP contribution in [0.4, 0.5) is 0 Å². The topological polar surface area (TPSA) is 32.6 Å². The summed E-state index contributed by atoms with van der Waals surface area (Å²) in [6.45, 7) is 0.682. The molecule has 0 saturated carbocycles. The summed E-state index contributed by atoms with van der Waals surface area (Å²) in [6.07, 6.45) is 1.81. The molecule has 2 rings (SSSR count). The molecule has 0 saturated heterocycles. The minimum Gasteiger partial charge on any atom is -0.508 e. The molecule has 0 radical (unpaired) electrons. The first-order valence-electron chi connectivity index (χ1n) is 5.17. The van der Waals surface area contributed by atoms with Crippen molar-refractivity contribution in [2.45, 2.75) is 6.54 Å². The van der Waals surface area contributed by atoms with E-state index >= 15 is 0 Å². The van der Waals surface area contributed by atoms with Crippen molar-refractivity contribution in [3.63, 3.8) is 0 Å². The molecule has 0 fully saturated rings. The Morgan fingerprint density at radius 3 is 2.31 bits per heavy atom. The van der Waals surface area contributed by atoms with E-state index in [1.54, 1.807) is 12.1 Å². The lowest BCUT2D eigenvalue weighted by Gasteiger charge is -1.95. The van der Waals surface area contributed by atoms with Gasteiger partial charge in [0.2, 0.25) is 0 Å². The summed E-state index contributed by atoms with van der Waals surface area (Å²) in [5, 5.41) is 9.12. The van der Waals surface area contributed by atoms with Gasteiger partial charge >= 0.3 is 0 Å². The molecule has 0 aliphatic heterocycles. The largest absolute Gasteiger partial charge is 0.508 e. The molecular weight excluding hydrogens is 198 g/mol. The molecule has 2 aromatic rings. The van der Waals surface area contributed by atoms with Gasteiger partial charge in [0, 0.05) is 6.21 Å². The van der Waals surface area contributed by atoms with Gasteiger partial charge in [0.1, 0.15) is 5.75 Å². The van der Waals surface area contributed by atoms with Crippen LogP contribution >= 0.6 is 0 Å². The van der Waals surface area contributed by atoms with Gasteiger partial charge in [-0.05, 0) is 35.4 Å². The molecule has 0 bridgehead atoms. The molecule has 0 spiro atoms. The molecule has 0 atom stereocenters. The summed E-state index contributed by atoms with van der Waals surface area (Å²) >= 11 is 0. The number of hydrogen-bond donors (Lipinski definition) is 1. The van der Waals surface area contributed by atoms with E-state index in [-0.39, 0.29) is 5.75 Å². The van der Waals surface area contributed by atoms with Crippen molar-refractivity contribution in [1.29, 1.82) is 0 Å². The van der Waals surface area contributed by atoms with Crippen molar-refractivity contribution in [2.75, 3.05) is 0 Å². The fourth-order valence-corrected chi connectivity index (χ4v) is 1.40. The molecule has 0 unspecified atom stereocenters. The highest BCUT2D eigenvalue weighted by Crippen LogP contribution is 2.08. The van der Waals surface area contributed by atoms with Crippen LogP contribution in [0, 0.1) is 0 Å². The predicted octanol–water partition coefficient (Wildman–Crippen LogP) is 3.01. The highest BCUT2D eigenvalue weighted by atomic mass is 16.3. The third-order valence-electron chi connectivity index (χ3n) is 2.25. The lowest BCUT2D eigenvalue weighted by Crippen LogP contribution is -1.83. The number of aromatic hydroxyl groups is 1. The van der Waals surface area contributed by atoms with E-state index in [0.717, 1.165) is 5.56 Å². The van der Waals surface area contributed by atoms with Crippen molar-refractivity contribution in [1.82, 2.24) is 0 Å². The molecule has 1 N–H and O–H groups in total. The Morgan fingerprint density at radius 1 is 0.938 bits per heavy atom. The summed E-state index contributed by atoms with van der Waals surface area (Å²) in [5.41, 5.74) is 2.19. The fraction of sp³-hybridized carbons (Fsp3) is 0.0714. The number of rotatable bonds is 3. The number of nitrogens with zero attached hydrogens (tertiary/aromatic N) is 1. The Labute approximate surface area is 94.9 Å². The molecule has 2 nitrogen and oxygen atoms in total. The Balaban J connectivity index is 1.98. The Morgan fingerprint density at radius 2 is 1.62 bits per heavy atom. The van der Waals surface area contributed by atoms with E-state index in [2.05, 4.69) is 4.99 Å². The SMILES string of the molecule is Oc1ccc(C=NCc2ccccc2)cc1. The minimum absolute atomic E-state index is 0.278. The zero-order valence-electron chi connectivity index (χ0n) is 8.88. The molecule has 2 aromatic carbocycles. The molecule has 0 aromatic heterocycles. The number of phenols is 1. The normalized spacial score (nSPS) is 10.8. The Bertz CT molecular complexity index is 460. The van der Waals surface area contributed by atoms with E-state index in [1.807, 2.05) is 48.7 Å². The zero-order chi connectivity index (χ0) is 11.2. The van der Waals surface area contributed by atoms with Crippen LogP contribution in [0.1, 0.15) is 11.1 Å². The van der Waals surface area contributed by atoms with Crippen molar-refractivity contribution in [2.24, 2.45) is 4.99 Å². The van der Waals surface area contributed by atoms with Gasteiger partial charge < -0.3 is 5.11 Å².